The van der Waals surface area contributed by atoms with Crippen molar-refractivity contribution in [2.24, 2.45) is 0 Å². The average molecular weight is 517 g/mol. The van der Waals surface area contributed by atoms with E-state index in [-0.39, 0.29) is 0 Å². The molecule has 8 atom stereocenters. The number of carbonyl (C=O) groups excluding carboxylic acids is 1. The molecule has 10 aliphatic rings. The molecule has 3 heteroatoms. The third-order valence-electron chi connectivity index (χ3n) is 19.2. The molecule has 0 N–H and O–H groups in total. The van der Waals surface area contributed by atoms with Gasteiger partial charge in [-0.3, -0.25) is 0 Å². The molecule has 1 nitrogen and oxygen atoms in total. The van der Waals surface area contributed by atoms with Crippen LogP contribution in [0.15, 0.2) is 0 Å². The van der Waals surface area contributed by atoms with Crippen molar-refractivity contribution in [1.29, 1.82) is 0 Å². The summed E-state index contributed by atoms with van der Waals surface area (Å²) in [6.07, 6.45) is 8.97. The van der Waals surface area contributed by atoms with Gasteiger partial charge in [-0.1, -0.05) is 0 Å². The molecule has 10 rings (SSSR count). The molecule has 0 aromatic heterocycles. The van der Waals surface area contributed by atoms with Crippen molar-refractivity contribution < 1.29 is 11.3 Å². The normalized spacial score (nSPS) is 82.8. The van der Waals surface area contributed by atoms with Gasteiger partial charge < -0.3 is 0 Å². The monoisotopic (exact) mass is 518 g/mol. The van der Waals surface area contributed by atoms with Crippen LogP contribution in [-0.2, 0) is 11.3 Å². The van der Waals surface area contributed by atoms with Crippen molar-refractivity contribution in [2.75, 3.05) is 0 Å². The van der Waals surface area contributed by atoms with Crippen LogP contribution in [0.25, 0.3) is 0 Å². The molecule has 0 bridgehead atoms. The first-order valence-corrected chi connectivity index (χ1v) is 26.2. The first kappa shape index (κ1) is 14.9. The summed E-state index contributed by atoms with van der Waals surface area (Å²) in [5.74, 6) is 0.801. The summed E-state index contributed by atoms with van der Waals surface area (Å²) < 4.78 is 6.89. The van der Waals surface area contributed by atoms with Crippen LogP contribution in [0.4, 0.5) is 0 Å². The molecule has 10 heterocycles. The Hall–Kier alpha value is 0.988. The van der Waals surface area contributed by atoms with Gasteiger partial charge in [-0.15, -0.1) is 0 Å². The van der Waals surface area contributed by atoms with E-state index in [1.54, 1.807) is 32.6 Å². The summed E-state index contributed by atoms with van der Waals surface area (Å²) in [7, 11) is 0. The standard InChI is InChI=1S/C7H7O.C5H4.3C4H9.Fe.Sn/c1-6(8)7-4-2-3-5-7;1-2-4-5-3-1;3*1-3-4-2;;/h2-5H,1H3;1-4H;3*1,3-4H2,2H3;;. The van der Waals surface area contributed by atoms with Crippen molar-refractivity contribution in [2.45, 2.75) is 125 Å². The fourth-order valence-corrected chi connectivity index (χ4v) is 171. The van der Waals surface area contributed by atoms with Gasteiger partial charge in [0.1, 0.15) is 0 Å². The molecule has 8 unspecified atom stereocenters. The molecule has 10 fully saturated rings. The zero-order valence-corrected chi connectivity index (χ0v) is 21.7. The maximum absolute atomic E-state index is 13.4. The number of rotatable bonds is 11. The maximum atomic E-state index is 13.4. The van der Waals surface area contributed by atoms with Crippen LogP contribution < -0.4 is 0 Å². The second kappa shape index (κ2) is 1.82. The van der Waals surface area contributed by atoms with Crippen LogP contribution in [-0.4, -0.2) is 24.2 Å². The summed E-state index contributed by atoms with van der Waals surface area (Å²) in [5, 5.41) is 0. The summed E-state index contributed by atoms with van der Waals surface area (Å²) in [5.41, 5.74) is 0. The number of hydrogen-bond acceptors (Lipinski definition) is 1. The van der Waals surface area contributed by atoms with E-state index in [2.05, 4.69) is 27.7 Å². The van der Waals surface area contributed by atoms with Gasteiger partial charge >= 0.3 is 160 Å². The molecule has 27 heavy (non-hydrogen) atoms. The Balaban J connectivity index is 1.27. The third-order valence-corrected chi connectivity index (χ3v) is 95.4. The minimum absolute atomic E-state index is 0.515. The van der Waals surface area contributed by atoms with Crippen molar-refractivity contribution >= 4 is 24.2 Å². The molecule has 0 saturated carbocycles. The van der Waals surface area contributed by atoms with Crippen molar-refractivity contribution in [3.63, 3.8) is 0 Å². The number of ketones is 1. The van der Waals surface area contributed by atoms with Gasteiger partial charge in [0, 0.05) is 0 Å². The van der Waals surface area contributed by atoms with Crippen molar-refractivity contribution in [3.8, 4) is 0 Å². The van der Waals surface area contributed by atoms with Gasteiger partial charge in [-0.25, -0.2) is 0 Å². The zero-order valence-electron chi connectivity index (χ0n) is 17.7. The van der Waals surface area contributed by atoms with Crippen molar-refractivity contribution in [1.82, 2.24) is 0 Å². The molecular formula is C24H38FeOSn. The average Bonchev–Trinajstić information content (AvgIpc) is 3.60. The van der Waals surface area contributed by atoms with E-state index in [9.17, 15) is 4.79 Å². The molecule has 0 amide bonds. The Kier molecular flexibility index (Phi) is 1.01. The molecule has 0 aromatic rings. The molecule has 0 aromatic carbocycles. The third kappa shape index (κ3) is 0.255. The molecular weight excluding hydrogens is 479 g/mol. The van der Waals surface area contributed by atoms with E-state index in [0.717, 1.165) is 8.11 Å². The second-order valence-corrected chi connectivity index (χ2v) is 53.4. The molecule has 1 spiro atoms. The van der Waals surface area contributed by atoms with E-state index in [4.69, 9.17) is 0 Å². The van der Waals surface area contributed by atoms with Gasteiger partial charge in [0.2, 0.25) is 0 Å². The minimum atomic E-state index is -3.50. The Morgan fingerprint density at radius 3 is 1.44 bits per heavy atom. The number of unbranched alkanes of at least 4 members (excludes halogenated alkanes) is 3. The molecule has 10 aliphatic heterocycles. The fourth-order valence-electron chi connectivity index (χ4n) is 21.5. The Labute approximate surface area is 159 Å². The van der Waals surface area contributed by atoms with Gasteiger partial charge in [-0.05, 0) is 0 Å². The Morgan fingerprint density at radius 1 is 0.778 bits per heavy atom. The summed E-state index contributed by atoms with van der Waals surface area (Å²) in [6, 6.07) is 0. The number of hydrogen-bond donors (Lipinski definition) is 0. The first-order chi connectivity index (χ1) is 12.8. The Morgan fingerprint density at radius 2 is 1.19 bits per heavy atom. The van der Waals surface area contributed by atoms with E-state index in [1.807, 2.05) is 0 Å². The van der Waals surface area contributed by atoms with Crippen LogP contribution >= 0.6 is 0 Å². The molecule has 152 valence electrons. The SMILES string of the molecule is CCC[CH2][Sn]([CH2]CCC)([CH2]CCC)[C]12[CH]3[CH]4[CH]5[CH]1[Fe]45321678[CH]2[CH]1[CH]6[C]7(C(C)=O)[CH]28. The van der Waals surface area contributed by atoms with E-state index in [1.165, 1.54) is 57.8 Å². The summed E-state index contributed by atoms with van der Waals surface area (Å²) >= 11 is -2.25. The predicted molar refractivity (Wildman–Crippen MR) is 111 cm³/mol. The van der Waals surface area contributed by atoms with E-state index in [0.29, 0.717) is 4.31 Å². The summed E-state index contributed by atoms with van der Waals surface area (Å²) in [4.78, 5) is 23.7. The van der Waals surface area contributed by atoms with Gasteiger partial charge in [-0.2, -0.15) is 0 Å². The fraction of sp³-hybridized carbons (Fsp3) is 0.958. The molecule has 10 saturated heterocycles. The Bertz CT molecular complexity index is 1220. The zero-order chi connectivity index (χ0) is 18.4. The van der Waals surface area contributed by atoms with Crippen LogP contribution in [0.3, 0.4) is 0 Å². The quantitative estimate of drug-likeness (QED) is 0.253. The number of fused-ring (bicyclic) bond motifs is 10. The van der Waals surface area contributed by atoms with Crippen LogP contribution in [0, 0.1) is 0 Å². The number of carbonyl (C=O) groups is 1. The van der Waals surface area contributed by atoms with Crippen LogP contribution in [0.2, 0.25) is 58.5 Å². The molecule has 0 aliphatic carbocycles. The van der Waals surface area contributed by atoms with Gasteiger partial charge in [0.15, 0.2) is 0 Å². The number of Topliss-reactive ketones (excluding diaryl/α,β-unsaturated/α-hetero) is 1. The van der Waals surface area contributed by atoms with Crippen LogP contribution in [0.1, 0.15) is 66.2 Å². The topological polar surface area (TPSA) is 17.1 Å². The predicted octanol–water partition coefficient (Wildman–Crippen LogP) is 8.09. The summed E-state index contributed by atoms with van der Waals surface area (Å²) in [6.45, 7) is 5.95. The van der Waals surface area contributed by atoms with Crippen LogP contribution in [0.5, 0.6) is 0 Å². The van der Waals surface area contributed by atoms with E-state index < -0.39 is 24.9 Å². The second-order valence-electron chi connectivity index (χ2n) is 14.9. The molecule has 0 radical (unpaired) electrons. The van der Waals surface area contributed by atoms with Crippen molar-refractivity contribution in [3.05, 3.63) is 0 Å². The van der Waals surface area contributed by atoms with E-state index >= 15 is 0 Å². The van der Waals surface area contributed by atoms with Gasteiger partial charge in [0.05, 0.1) is 0 Å². The van der Waals surface area contributed by atoms with Gasteiger partial charge in [0.25, 0.3) is 0 Å². The first-order valence-electron chi connectivity index (χ1n) is 12.5.